The van der Waals surface area contributed by atoms with E-state index in [1.165, 1.54) is 6.92 Å². The van der Waals surface area contributed by atoms with Gasteiger partial charge in [-0.05, 0) is 44.9 Å². The van der Waals surface area contributed by atoms with Crippen LogP contribution in [0.15, 0.2) is 12.2 Å². The largest absolute Gasteiger partial charge is 0.481 e. The van der Waals surface area contributed by atoms with Crippen molar-refractivity contribution in [1.29, 1.82) is 0 Å². The van der Waals surface area contributed by atoms with Gasteiger partial charge in [-0.15, -0.1) is 0 Å². The van der Waals surface area contributed by atoms with Crippen LogP contribution in [0.25, 0.3) is 0 Å². The highest BCUT2D eigenvalue weighted by Gasteiger charge is 2.41. The Labute approximate surface area is 160 Å². The van der Waals surface area contributed by atoms with E-state index in [1.54, 1.807) is 0 Å². The predicted octanol–water partition coefficient (Wildman–Crippen LogP) is 2.66. The summed E-state index contributed by atoms with van der Waals surface area (Å²) in [7, 11) is 0. The van der Waals surface area contributed by atoms with Gasteiger partial charge in [-0.2, -0.15) is 0 Å². The number of carboxylic acid groups (broad SMARTS) is 1. The van der Waals surface area contributed by atoms with Crippen LogP contribution in [0.4, 0.5) is 0 Å². The van der Waals surface area contributed by atoms with Gasteiger partial charge in [-0.3, -0.25) is 9.59 Å². The molecule has 0 amide bonds. The molecular weight excluding hydrogens is 352 g/mol. The minimum Gasteiger partial charge on any atom is -0.481 e. The van der Waals surface area contributed by atoms with Crippen LogP contribution in [-0.2, 0) is 23.8 Å². The zero-order valence-electron chi connectivity index (χ0n) is 16.0. The molecule has 2 fully saturated rings. The number of allylic oxidation sites excluding steroid dienone is 2. The molecule has 5 atom stereocenters. The molecule has 27 heavy (non-hydrogen) atoms. The quantitative estimate of drug-likeness (QED) is 0.339. The second-order valence-corrected chi connectivity index (χ2v) is 7.38. The molecule has 7 nitrogen and oxygen atoms in total. The second-order valence-electron chi connectivity index (χ2n) is 7.38. The van der Waals surface area contributed by atoms with Crippen molar-refractivity contribution in [3.8, 4) is 0 Å². The first-order chi connectivity index (χ1) is 13.0. The van der Waals surface area contributed by atoms with E-state index in [0.29, 0.717) is 25.9 Å². The summed E-state index contributed by atoms with van der Waals surface area (Å²) in [6, 6.07) is 0. The Morgan fingerprint density at radius 1 is 1.19 bits per heavy atom. The molecule has 1 saturated heterocycles. The zero-order chi connectivity index (χ0) is 19.6. The predicted molar refractivity (Wildman–Crippen MR) is 97.9 cm³/mol. The number of unbranched alkanes of at least 4 members (excludes halogenated alkanes) is 1. The summed E-state index contributed by atoms with van der Waals surface area (Å²) in [5.74, 6) is -1.06. The van der Waals surface area contributed by atoms with Crippen molar-refractivity contribution in [3.05, 3.63) is 12.2 Å². The monoisotopic (exact) mass is 384 g/mol. The molecule has 2 N–H and O–H groups in total. The normalized spacial score (nSPS) is 31.3. The lowest BCUT2D eigenvalue weighted by Gasteiger charge is -2.34. The molecule has 1 aliphatic heterocycles. The number of esters is 1. The van der Waals surface area contributed by atoms with Gasteiger partial charge in [0.15, 0.2) is 6.29 Å². The van der Waals surface area contributed by atoms with Crippen molar-refractivity contribution in [2.24, 2.45) is 11.8 Å². The number of rotatable bonds is 10. The molecule has 2 aliphatic rings. The topological polar surface area (TPSA) is 102 Å². The van der Waals surface area contributed by atoms with Gasteiger partial charge in [-0.1, -0.05) is 12.2 Å². The number of hydrogen-bond acceptors (Lipinski definition) is 6. The number of hydrogen-bond donors (Lipinski definition) is 2. The van der Waals surface area contributed by atoms with Gasteiger partial charge in [-0.25, -0.2) is 0 Å². The fourth-order valence-corrected chi connectivity index (χ4v) is 3.89. The Hall–Kier alpha value is -1.44. The summed E-state index contributed by atoms with van der Waals surface area (Å²) in [5.41, 5.74) is 0. The van der Waals surface area contributed by atoms with Gasteiger partial charge in [0.25, 0.3) is 0 Å². The number of aliphatic hydroxyl groups excluding tert-OH is 1. The van der Waals surface area contributed by atoms with Crippen LogP contribution in [0.1, 0.15) is 58.3 Å². The van der Waals surface area contributed by atoms with Gasteiger partial charge < -0.3 is 24.4 Å². The third-order valence-corrected chi connectivity index (χ3v) is 5.27. The molecular formula is C20H32O7. The smallest absolute Gasteiger partial charge is 0.303 e. The number of aliphatic carboxylic acids is 1. The van der Waals surface area contributed by atoms with E-state index < -0.39 is 12.3 Å². The van der Waals surface area contributed by atoms with Crippen molar-refractivity contribution in [1.82, 2.24) is 0 Å². The molecule has 154 valence electrons. The SMILES string of the molecule is CC(=O)O[C@H]1CCC(O[C@@H]2OCCC[C@@H]2CO)C1C/C=C/CCCC(=O)O. The highest BCUT2D eigenvalue weighted by atomic mass is 16.7. The Balaban J connectivity index is 1.91. The van der Waals surface area contributed by atoms with Gasteiger partial charge >= 0.3 is 11.9 Å². The number of carbonyl (C=O) groups is 2. The fourth-order valence-electron chi connectivity index (χ4n) is 3.89. The Morgan fingerprint density at radius 2 is 1.96 bits per heavy atom. The third-order valence-electron chi connectivity index (χ3n) is 5.27. The van der Waals surface area contributed by atoms with E-state index in [9.17, 15) is 14.7 Å². The first-order valence-electron chi connectivity index (χ1n) is 9.93. The summed E-state index contributed by atoms with van der Waals surface area (Å²) in [6.07, 6.45) is 8.85. The highest BCUT2D eigenvalue weighted by molar-refractivity contribution is 5.66. The van der Waals surface area contributed by atoms with Gasteiger partial charge in [0, 0.05) is 31.8 Å². The van der Waals surface area contributed by atoms with Crippen LogP contribution >= 0.6 is 0 Å². The summed E-state index contributed by atoms with van der Waals surface area (Å²) >= 11 is 0. The van der Waals surface area contributed by atoms with Gasteiger partial charge in [0.2, 0.25) is 0 Å². The fraction of sp³-hybridized carbons (Fsp3) is 0.800. The minimum absolute atomic E-state index is 0.0151. The summed E-state index contributed by atoms with van der Waals surface area (Å²) in [5, 5.41) is 18.2. The van der Waals surface area contributed by atoms with Crippen molar-refractivity contribution in [3.63, 3.8) is 0 Å². The second kappa shape index (κ2) is 11.4. The van der Waals surface area contributed by atoms with E-state index in [2.05, 4.69) is 0 Å². The number of carbonyl (C=O) groups excluding carboxylic acids is 1. The lowest BCUT2D eigenvalue weighted by molar-refractivity contribution is -0.228. The maximum Gasteiger partial charge on any atom is 0.303 e. The van der Waals surface area contributed by atoms with Crippen molar-refractivity contribution < 1.29 is 34.0 Å². The molecule has 0 aromatic rings. The molecule has 2 unspecified atom stereocenters. The lowest BCUT2D eigenvalue weighted by atomic mass is 9.97. The first kappa shape index (κ1) is 21.9. The summed E-state index contributed by atoms with van der Waals surface area (Å²) in [6.45, 7) is 2.09. The highest BCUT2D eigenvalue weighted by Crippen LogP contribution is 2.36. The van der Waals surface area contributed by atoms with E-state index >= 15 is 0 Å². The molecule has 1 aliphatic carbocycles. The molecule has 0 bridgehead atoms. The van der Waals surface area contributed by atoms with Crippen molar-refractivity contribution in [2.45, 2.75) is 76.8 Å². The molecule has 0 aromatic carbocycles. The van der Waals surface area contributed by atoms with Gasteiger partial charge in [0.1, 0.15) is 6.10 Å². The molecule has 1 heterocycles. The van der Waals surface area contributed by atoms with E-state index in [-0.39, 0.29) is 43.0 Å². The van der Waals surface area contributed by atoms with Crippen molar-refractivity contribution in [2.75, 3.05) is 13.2 Å². The van der Waals surface area contributed by atoms with E-state index in [1.807, 2.05) is 12.2 Å². The maximum atomic E-state index is 11.4. The molecule has 0 radical (unpaired) electrons. The van der Waals surface area contributed by atoms with Gasteiger partial charge in [0.05, 0.1) is 12.7 Å². The number of ether oxygens (including phenoxy) is 3. The Morgan fingerprint density at radius 3 is 2.67 bits per heavy atom. The van der Waals surface area contributed by atoms with Crippen LogP contribution in [0.5, 0.6) is 0 Å². The standard InChI is InChI=1S/C20H32O7/c1-14(22)26-17-10-11-18(27-20-15(13-21)7-6-12-25-20)16(17)8-4-2-3-5-9-19(23)24/h2,4,15-18,20-21H,3,5-13H2,1H3,(H,23,24)/b4-2+/t15-,16?,17+,18?,20+/m1/s1. The van der Waals surface area contributed by atoms with Crippen LogP contribution in [0.3, 0.4) is 0 Å². The minimum atomic E-state index is -0.784. The lowest BCUT2D eigenvalue weighted by Crippen LogP contribution is -2.39. The van der Waals surface area contributed by atoms with E-state index in [0.717, 1.165) is 25.7 Å². The average molecular weight is 384 g/mol. The average Bonchev–Trinajstić information content (AvgIpc) is 2.99. The molecule has 0 aromatic heterocycles. The molecule has 7 heteroatoms. The van der Waals surface area contributed by atoms with Crippen LogP contribution < -0.4 is 0 Å². The first-order valence-corrected chi connectivity index (χ1v) is 9.93. The maximum absolute atomic E-state index is 11.4. The van der Waals surface area contributed by atoms with Crippen LogP contribution in [0, 0.1) is 11.8 Å². The summed E-state index contributed by atoms with van der Waals surface area (Å²) < 4.78 is 17.4. The van der Waals surface area contributed by atoms with Crippen LogP contribution in [0.2, 0.25) is 0 Å². The third kappa shape index (κ3) is 7.24. The molecule has 0 spiro atoms. The summed E-state index contributed by atoms with van der Waals surface area (Å²) in [4.78, 5) is 22.0. The molecule has 2 rings (SSSR count). The van der Waals surface area contributed by atoms with E-state index in [4.69, 9.17) is 19.3 Å². The Bertz CT molecular complexity index is 505. The Kier molecular flexibility index (Phi) is 9.24. The zero-order valence-corrected chi connectivity index (χ0v) is 16.0. The number of aliphatic hydroxyl groups is 1. The van der Waals surface area contributed by atoms with Crippen molar-refractivity contribution >= 4 is 11.9 Å². The molecule has 1 saturated carbocycles. The number of carboxylic acids is 1. The van der Waals surface area contributed by atoms with Crippen LogP contribution in [-0.4, -0.2) is 53.9 Å².